The summed E-state index contributed by atoms with van der Waals surface area (Å²) in [5.41, 5.74) is 0. The number of nitrogens with zero attached hydrogens (tertiary/aromatic N) is 3. The predicted molar refractivity (Wildman–Crippen MR) is 65.9 cm³/mol. The molecule has 0 aliphatic carbocycles. The highest BCUT2D eigenvalue weighted by molar-refractivity contribution is 5.83. The SMILES string of the molecule is CCC(C)C(C(=O)O)N(C)C(=O)Cn1ccnc1. The van der Waals surface area contributed by atoms with Gasteiger partial charge in [0.2, 0.25) is 5.91 Å². The van der Waals surface area contributed by atoms with Crippen molar-refractivity contribution in [3.63, 3.8) is 0 Å². The lowest BCUT2D eigenvalue weighted by molar-refractivity contribution is -0.151. The van der Waals surface area contributed by atoms with Crippen LogP contribution >= 0.6 is 0 Å². The second kappa shape index (κ2) is 6.18. The lowest BCUT2D eigenvalue weighted by Gasteiger charge is -2.29. The Hall–Kier alpha value is -1.85. The first-order valence-corrected chi connectivity index (χ1v) is 5.91. The molecule has 2 unspecified atom stereocenters. The van der Waals surface area contributed by atoms with Crippen LogP contribution in [0.2, 0.25) is 0 Å². The Morgan fingerprint density at radius 2 is 2.17 bits per heavy atom. The van der Waals surface area contributed by atoms with Crippen molar-refractivity contribution in [2.24, 2.45) is 5.92 Å². The minimum atomic E-state index is -0.967. The zero-order valence-corrected chi connectivity index (χ0v) is 10.9. The summed E-state index contributed by atoms with van der Waals surface area (Å²) in [6.07, 6.45) is 5.49. The maximum absolute atomic E-state index is 12.0. The van der Waals surface area contributed by atoms with Crippen molar-refractivity contribution in [2.45, 2.75) is 32.9 Å². The van der Waals surface area contributed by atoms with Crippen LogP contribution in [-0.4, -0.2) is 44.5 Å². The topological polar surface area (TPSA) is 75.4 Å². The average molecular weight is 253 g/mol. The van der Waals surface area contributed by atoms with Crippen LogP contribution in [0.1, 0.15) is 20.3 Å². The highest BCUT2D eigenvalue weighted by Gasteiger charge is 2.30. The van der Waals surface area contributed by atoms with Gasteiger partial charge in [-0.05, 0) is 5.92 Å². The summed E-state index contributed by atoms with van der Waals surface area (Å²) in [6, 6.07) is -0.786. The normalized spacial score (nSPS) is 13.9. The number of carboxylic acid groups (broad SMARTS) is 1. The van der Waals surface area contributed by atoms with Crippen LogP contribution in [0.15, 0.2) is 18.7 Å². The lowest BCUT2D eigenvalue weighted by atomic mass is 9.98. The van der Waals surface area contributed by atoms with Crippen molar-refractivity contribution in [1.82, 2.24) is 14.5 Å². The third-order valence-electron chi connectivity index (χ3n) is 3.12. The van der Waals surface area contributed by atoms with E-state index in [4.69, 9.17) is 0 Å². The molecule has 6 nitrogen and oxygen atoms in total. The Kier molecular flexibility index (Phi) is 4.88. The highest BCUT2D eigenvalue weighted by Crippen LogP contribution is 2.14. The fourth-order valence-corrected chi connectivity index (χ4v) is 1.82. The van der Waals surface area contributed by atoms with E-state index in [-0.39, 0.29) is 18.4 Å². The molecule has 1 aromatic heterocycles. The molecule has 0 saturated heterocycles. The van der Waals surface area contributed by atoms with Crippen molar-refractivity contribution in [1.29, 1.82) is 0 Å². The molecule has 1 rings (SSSR count). The maximum atomic E-state index is 12.0. The summed E-state index contributed by atoms with van der Waals surface area (Å²) >= 11 is 0. The van der Waals surface area contributed by atoms with E-state index in [1.165, 1.54) is 18.3 Å². The molecule has 2 atom stereocenters. The summed E-state index contributed by atoms with van der Waals surface area (Å²) in [5.74, 6) is -1.29. The molecule has 1 heterocycles. The smallest absolute Gasteiger partial charge is 0.326 e. The minimum Gasteiger partial charge on any atom is -0.480 e. The van der Waals surface area contributed by atoms with Gasteiger partial charge in [-0.2, -0.15) is 0 Å². The Balaban J connectivity index is 2.73. The molecule has 6 heteroatoms. The van der Waals surface area contributed by atoms with Crippen molar-refractivity contribution < 1.29 is 14.7 Å². The van der Waals surface area contributed by atoms with E-state index in [0.717, 1.165) is 0 Å². The number of carboxylic acids is 1. The molecule has 0 aliphatic heterocycles. The number of aliphatic carboxylic acids is 1. The molecule has 0 spiro atoms. The van der Waals surface area contributed by atoms with E-state index in [0.29, 0.717) is 6.42 Å². The summed E-state index contributed by atoms with van der Waals surface area (Å²) in [4.78, 5) is 28.4. The molecule has 100 valence electrons. The highest BCUT2D eigenvalue weighted by atomic mass is 16.4. The first kappa shape index (κ1) is 14.2. The van der Waals surface area contributed by atoms with E-state index < -0.39 is 12.0 Å². The molecule has 0 aromatic carbocycles. The van der Waals surface area contributed by atoms with Crippen molar-refractivity contribution in [3.8, 4) is 0 Å². The van der Waals surface area contributed by atoms with Gasteiger partial charge in [0.05, 0.1) is 6.33 Å². The Labute approximate surface area is 106 Å². The number of likely N-dealkylation sites (N-methyl/N-ethyl adjacent to an activating group) is 1. The van der Waals surface area contributed by atoms with Gasteiger partial charge in [0.1, 0.15) is 12.6 Å². The fraction of sp³-hybridized carbons (Fsp3) is 0.583. The van der Waals surface area contributed by atoms with Gasteiger partial charge < -0.3 is 14.6 Å². The Morgan fingerprint density at radius 3 is 2.61 bits per heavy atom. The fourth-order valence-electron chi connectivity index (χ4n) is 1.82. The van der Waals surface area contributed by atoms with Crippen molar-refractivity contribution in [3.05, 3.63) is 18.7 Å². The second-order valence-electron chi connectivity index (χ2n) is 4.41. The zero-order valence-electron chi connectivity index (χ0n) is 10.9. The van der Waals surface area contributed by atoms with Gasteiger partial charge in [-0.3, -0.25) is 4.79 Å². The number of hydrogen-bond donors (Lipinski definition) is 1. The zero-order chi connectivity index (χ0) is 13.7. The molecule has 18 heavy (non-hydrogen) atoms. The van der Waals surface area contributed by atoms with Crippen LogP contribution < -0.4 is 0 Å². The van der Waals surface area contributed by atoms with Crippen LogP contribution in [0.25, 0.3) is 0 Å². The van der Waals surface area contributed by atoms with E-state index >= 15 is 0 Å². The lowest BCUT2D eigenvalue weighted by Crippen LogP contribution is -2.47. The van der Waals surface area contributed by atoms with Crippen LogP contribution in [-0.2, 0) is 16.1 Å². The van der Waals surface area contributed by atoms with Crippen molar-refractivity contribution in [2.75, 3.05) is 7.05 Å². The van der Waals surface area contributed by atoms with E-state index in [9.17, 15) is 14.7 Å². The van der Waals surface area contributed by atoms with E-state index in [1.54, 1.807) is 17.0 Å². The number of rotatable bonds is 6. The second-order valence-corrected chi connectivity index (χ2v) is 4.41. The van der Waals surface area contributed by atoms with Gasteiger partial charge in [0.15, 0.2) is 0 Å². The summed E-state index contributed by atoms with van der Waals surface area (Å²) in [7, 11) is 1.53. The third kappa shape index (κ3) is 3.32. The number of carbonyl (C=O) groups is 2. The molecule has 0 aliphatic rings. The van der Waals surface area contributed by atoms with Gasteiger partial charge in [-0.15, -0.1) is 0 Å². The first-order valence-electron chi connectivity index (χ1n) is 5.91. The number of imidazole rings is 1. The molecule has 1 N–H and O–H groups in total. The van der Waals surface area contributed by atoms with Crippen molar-refractivity contribution >= 4 is 11.9 Å². The average Bonchev–Trinajstić information content (AvgIpc) is 2.81. The minimum absolute atomic E-state index is 0.0840. The van der Waals surface area contributed by atoms with Crippen LogP contribution in [0.3, 0.4) is 0 Å². The van der Waals surface area contributed by atoms with Gasteiger partial charge in [-0.25, -0.2) is 9.78 Å². The Morgan fingerprint density at radius 1 is 1.50 bits per heavy atom. The number of amides is 1. The van der Waals surface area contributed by atoms with E-state index in [2.05, 4.69) is 4.98 Å². The molecular weight excluding hydrogens is 234 g/mol. The third-order valence-corrected chi connectivity index (χ3v) is 3.12. The molecule has 1 aromatic rings. The van der Waals surface area contributed by atoms with Gasteiger partial charge in [-0.1, -0.05) is 20.3 Å². The van der Waals surface area contributed by atoms with Crippen LogP contribution in [0.4, 0.5) is 0 Å². The van der Waals surface area contributed by atoms with Gasteiger partial charge in [0, 0.05) is 19.4 Å². The quantitative estimate of drug-likeness (QED) is 0.815. The number of hydrogen-bond acceptors (Lipinski definition) is 3. The molecular formula is C12H19N3O3. The number of aromatic nitrogens is 2. The molecule has 0 bridgehead atoms. The summed E-state index contributed by atoms with van der Waals surface area (Å²) in [5, 5.41) is 9.21. The van der Waals surface area contributed by atoms with Gasteiger partial charge in [0.25, 0.3) is 0 Å². The predicted octanol–water partition coefficient (Wildman–Crippen LogP) is 0.841. The maximum Gasteiger partial charge on any atom is 0.326 e. The van der Waals surface area contributed by atoms with Gasteiger partial charge >= 0.3 is 5.97 Å². The molecule has 0 fully saturated rings. The number of carbonyl (C=O) groups excluding carboxylic acids is 1. The first-order chi connectivity index (χ1) is 8.47. The van der Waals surface area contributed by atoms with Crippen LogP contribution in [0.5, 0.6) is 0 Å². The summed E-state index contributed by atoms with van der Waals surface area (Å²) in [6.45, 7) is 3.85. The molecule has 0 saturated carbocycles. The monoisotopic (exact) mass is 253 g/mol. The Bertz CT molecular complexity index is 403. The van der Waals surface area contributed by atoms with Crippen LogP contribution in [0, 0.1) is 5.92 Å². The molecule has 1 amide bonds. The molecule has 0 radical (unpaired) electrons. The largest absolute Gasteiger partial charge is 0.480 e. The standard InChI is InChI=1S/C12H19N3O3/c1-4-9(2)11(12(17)18)14(3)10(16)7-15-6-5-13-8-15/h5-6,8-9,11H,4,7H2,1-3H3,(H,17,18). The summed E-state index contributed by atoms with van der Waals surface area (Å²) < 4.78 is 1.62. The van der Waals surface area contributed by atoms with E-state index in [1.807, 2.05) is 13.8 Å².